The zero-order chi connectivity index (χ0) is 15.2. The lowest BCUT2D eigenvalue weighted by Crippen LogP contribution is -2.23. The van der Waals surface area contributed by atoms with Gasteiger partial charge in [-0.05, 0) is 49.1 Å². The highest BCUT2D eigenvalue weighted by Gasteiger charge is 2.17. The summed E-state index contributed by atoms with van der Waals surface area (Å²) >= 11 is 6.00. The van der Waals surface area contributed by atoms with Crippen LogP contribution >= 0.6 is 11.6 Å². The number of nitrogens with one attached hydrogen (secondary N) is 1. The first-order valence-corrected chi connectivity index (χ1v) is 8.36. The molecule has 116 valence electrons. The standard InChI is InChI=1S/C19H22ClNO/c20-17-10-8-16(9-11-17)19(15-5-2-1-3-6-15)22-14-12-18-7-4-13-21-18/h1-3,5-6,8-11,18-19,21H,4,7,12-14H2. The zero-order valence-corrected chi connectivity index (χ0v) is 13.4. The fraction of sp³-hybridized carbons (Fsp3) is 0.368. The van der Waals surface area contributed by atoms with E-state index in [2.05, 4.69) is 29.6 Å². The van der Waals surface area contributed by atoms with Gasteiger partial charge in [-0.25, -0.2) is 0 Å². The third kappa shape index (κ3) is 4.10. The van der Waals surface area contributed by atoms with Crippen LogP contribution in [0.3, 0.4) is 0 Å². The van der Waals surface area contributed by atoms with Crippen LogP contribution in [-0.2, 0) is 4.74 Å². The number of hydrogen-bond acceptors (Lipinski definition) is 2. The van der Waals surface area contributed by atoms with Crippen molar-refractivity contribution >= 4 is 11.6 Å². The van der Waals surface area contributed by atoms with E-state index in [0.717, 1.165) is 30.2 Å². The number of halogens is 1. The Balaban J connectivity index is 1.70. The van der Waals surface area contributed by atoms with Crippen molar-refractivity contribution in [1.82, 2.24) is 5.32 Å². The van der Waals surface area contributed by atoms with Crippen LogP contribution in [0.5, 0.6) is 0 Å². The van der Waals surface area contributed by atoms with Crippen LogP contribution in [-0.4, -0.2) is 19.2 Å². The van der Waals surface area contributed by atoms with E-state index >= 15 is 0 Å². The Morgan fingerprint density at radius 3 is 2.45 bits per heavy atom. The first kappa shape index (κ1) is 15.5. The molecule has 3 rings (SSSR count). The Bertz CT molecular complexity index is 564. The maximum Gasteiger partial charge on any atom is 0.108 e. The third-order valence-corrected chi connectivity index (χ3v) is 4.44. The lowest BCUT2D eigenvalue weighted by Gasteiger charge is -2.20. The highest BCUT2D eigenvalue weighted by Crippen LogP contribution is 2.27. The van der Waals surface area contributed by atoms with Crippen LogP contribution in [0.1, 0.15) is 36.5 Å². The minimum atomic E-state index is -0.0279. The molecule has 1 saturated heterocycles. The van der Waals surface area contributed by atoms with Crippen molar-refractivity contribution in [3.05, 3.63) is 70.7 Å². The molecule has 0 bridgehead atoms. The van der Waals surface area contributed by atoms with Crippen LogP contribution < -0.4 is 5.32 Å². The van der Waals surface area contributed by atoms with Gasteiger partial charge in [0.1, 0.15) is 6.10 Å². The van der Waals surface area contributed by atoms with Gasteiger partial charge in [0.2, 0.25) is 0 Å². The summed E-state index contributed by atoms with van der Waals surface area (Å²) in [6.07, 6.45) is 3.58. The first-order chi connectivity index (χ1) is 10.8. The van der Waals surface area contributed by atoms with Gasteiger partial charge < -0.3 is 10.1 Å². The maximum atomic E-state index is 6.23. The fourth-order valence-electron chi connectivity index (χ4n) is 2.98. The summed E-state index contributed by atoms with van der Waals surface area (Å²) in [5.74, 6) is 0. The lowest BCUT2D eigenvalue weighted by atomic mass is 10.0. The molecule has 2 unspecified atom stereocenters. The molecule has 1 fully saturated rings. The van der Waals surface area contributed by atoms with Crippen molar-refractivity contribution < 1.29 is 4.74 Å². The molecule has 0 saturated carbocycles. The van der Waals surface area contributed by atoms with Crippen molar-refractivity contribution in [3.63, 3.8) is 0 Å². The first-order valence-electron chi connectivity index (χ1n) is 7.98. The van der Waals surface area contributed by atoms with Gasteiger partial charge in [-0.15, -0.1) is 0 Å². The molecule has 1 N–H and O–H groups in total. The molecule has 0 radical (unpaired) electrons. The summed E-state index contributed by atoms with van der Waals surface area (Å²) in [7, 11) is 0. The van der Waals surface area contributed by atoms with Crippen LogP contribution in [0.4, 0.5) is 0 Å². The summed E-state index contributed by atoms with van der Waals surface area (Å²) in [5.41, 5.74) is 2.33. The summed E-state index contributed by atoms with van der Waals surface area (Å²) in [6, 6.07) is 18.9. The quantitative estimate of drug-likeness (QED) is 0.842. The Morgan fingerprint density at radius 2 is 1.77 bits per heavy atom. The third-order valence-electron chi connectivity index (χ3n) is 4.19. The average Bonchev–Trinajstić information content (AvgIpc) is 3.07. The van der Waals surface area contributed by atoms with E-state index in [-0.39, 0.29) is 6.10 Å². The highest BCUT2D eigenvalue weighted by atomic mass is 35.5. The largest absolute Gasteiger partial charge is 0.369 e. The van der Waals surface area contributed by atoms with E-state index in [9.17, 15) is 0 Å². The van der Waals surface area contributed by atoms with Crippen LogP contribution in [0.15, 0.2) is 54.6 Å². The van der Waals surface area contributed by atoms with Gasteiger partial charge in [-0.1, -0.05) is 54.1 Å². The van der Waals surface area contributed by atoms with Crippen molar-refractivity contribution in [1.29, 1.82) is 0 Å². The van der Waals surface area contributed by atoms with Gasteiger partial charge in [-0.2, -0.15) is 0 Å². The summed E-state index contributed by atoms with van der Waals surface area (Å²) in [4.78, 5) is 0. The van der Waals surface area contributed by atoms with E-state index < -0.39 is 0 Å². The predicted octanol–water partition coefficient (Wildman–Crippen LogP) is 4.59. The molecule has 0 amide bonds. The van der Waals surface area contributed by atoms with Crippen molar-refractivity contribution in [3.8, 4) is 0 Å². The molecule has 0 spiro atoms. The Hall–Kier alpha value is -1.35. The van der Waals surface area contributed by atoms with Crippen LogP contribution in [0, 0.1) is 0 Å². The SMILES string of the molecule is Clc1ccc(C(OCCC2CCCN2)c2ccccc2)cc1. The van der Waals surface area contributed by atoms with Gasteiger partial charge in [-0.3, -0.25) is 0 Å². The van der Waals surface area contributed by atoms with Gasteiger partial charge in [0.25, 0.3) is 0 Å². The van der Waals surface area contributed by atoms with Crippen LogP contribution in [0.2, 0.25) is 5.02 Å². The second-order valence-electron chi connectivity index (χ2n) is 5.80. The average molecular weight is 316 g/mol. The molecule has 2 nitrogen and oxygen atoms in total. The molecule has 1 heterocycles. The van der Waals surface area contributed by atoms with Gasteiger partial charge in [0, 0.05) is 17.7 Å². The molecule has 2 atom stereocenters. The summed E-state index contributed by atoms with van der Waals surface area (Å²) in [6.45, 7) is 1.91. The Morgan fingerprint density at radius 1 is 1.05 bits per heavy atom. The van der Waals surface area contributed by atoms with Gasteiger partial charge in [0.15, 0.2) is 0 Å². The highest BCUT2D eigenvalue weighted by molar-refractivity contribution is 6.30. The normalized spacial score (nSPS) is 19.2. The molecule has 22 heavy (non-hydrogen) atoms. The summed E-state index contributed by atoms with van der Waals surface area (Å²) < 4.78 is 6.23. The number of benzene rings is 2. The molecule has 3 heteroatoms. The van der Waals surface area contributed by atoms with E-state index in [4.69, 9.17) is 16.3 Å². The number of ether oxygens (including phenoxy) is 1. The van der Waals surface area contributed by atoms with Crippen molar-refractivity contribution in [2.24, 2.45) is 0 Å². The van der Waals surface area contributed by atoms with Crippen molar-refractivity contribution in [2.45, 2.75) is 31.4 Å². The molecule has 1 aliphatic rings. The smallest absolute Gasteiger partial charge is 0.108 e. The second kappa shape index (κ2) is 7.77. The molecule has 0 aliphatic carbocycles. The second-order valence-corrected chi connectivity index (χ2v) is 6.23. The van der Waals surface area contributed by atoms with E-state index in [1.807, 2.05) is 30.3 Å². The Kier molecular flexibility index (Phi) is 5.49. The minimum absolute atomic E-state index is 0.0279. The Labute approximate surface area is 137 Å². The van der Waals surface area contributed by atoms with Gasteiger partial charge >= 0.3 is 0 Å². The molecular weight excluding hydrogens is 294 g/mol. The maximum absolute atomic E-state index is 6.23. The molecule has 2 aromatic carbocycles. The monoisotopic (exact) mass is 315 g/mol. The summed E-state index contributed by atoms with van der Waals surface area (Å²) in [5, 5.41) is 4.28. The number of hydrogen-bond donors (Lipinski definition) is 1. The lowest BCUT2D eigenvalue weighted by molar-refractivity contribution is 0.0737. The van der Waals surface area contributed by atoms with E-state index in [1.54, 1.807) is 0 Å². The number of rotatable bonds is 6. The van der Waals surface area contributed by atoms with Crippen molar-refractivity contribution in [2.75, 3.05) is 13.2 Å². The molecule has 1 aliphatic heterocycles. The predicted molar refractivity (Wildman–Crippen MR) is 91.3 cm³/mol. The molecule has 2 aromatic rings. The van der Waals surface area contributed by atoms with E-state index in [0.29, 0.717) is 6.04 Å². The molecular formula is C19H22ClNO. The van der Waals surface area contributed by atoms with Gasteiger partial charge in [0.05, 0.1) is 0 Å². The van der Waals surface area contributed by atoms with E-state index in [1.165, 1.54) is 18.4 Å². The zero-order valence-electron chi connectivity index (χ0n) is 12.7. The van der Waals surface area contributed by atoms with Crippen LogP contribution in [0.25, 0.3) is 0 Å². The topological polar surface area (TPSA) is 21.3 Å². The molecule has 0 aromatic heterocycles. The fourth-order valence-corrected chi connectivity index (χ4v) is 3.11. The minimum Gasteiger partial charge on any atom is -0.369 e.